The number of likely N-dealkylation sites (tertiary alicyclic amines) is 1. The first kappa shape index (κ1) is 20.2. The number of amides is 2. The third-order valence-electron chi connectivity index (χ3n) is 4.71. The molecule has 2 N–H and O–H groups in total. The van der Waals surface area contributed by atoms with Crippen LogP contribution in [0.3, 0.4) is 0 Å². The number of nitrogens with one attached hydrogen (secondary N) is 2. The van der Waals surface area contributed by atoms with Crippen molar-refractivity contribution < 1.29 is 9.59 Å². The van der Waals surface area contributed by atoms with Gasteiger partial charge in [0.25, 0.3) is 0 Å². The van der Waals surface area contributed by atoms with E-state index in [9.17, 15) is 9.59 Å². The number of nitrogens with zero attached hydrogens (tertiary/aromatic N) is 2. The minimum absolute atomic E-state index is 0.0931. The van der Waals surface area contributed by atoms with Crippen LogP contribution < -0.4 is 15.5 Å². The van der Waals surface area contributed by atoms with Crippen molar-refractivity contribution in [3.05, 3.63) is 29.8 Å². The first-order valence-electron chi connectivity index (χ1n) is 9.46. The number of carbonyl (C=O) groups is 2. The van der Waals surface area contributed by atoms with Gasteiger partial charge in [0.15, 0.2) is 0 Å². The van der Waals surface area contributed by atoms with Crippen LogP contribution >= 0.6 is 0 Å². The van der Waals surface area contributed by atoms with Crippen LogP contribution in [-0.4, -0.2) is 57.0 Å². The molecule has 0 radical (unpaired) electrons. The number of benzene rings is 1. The molecular weight excluding hydrogens is 328 g/mol. The number of rotatable bonds is 7. The molecule has 26 heavy (non-hydrogen) atoms. The van der Waals surface area contributed by atoms with Gasteiger partial charge >= 0.3 is 11.8 Å². The zero-order valence-corrected chi connectivity index (χ0v) is 16.4. The Bertz CT molecular complexity index is 592. The average Bonchev–Trinajstić information content (AvgIpc) is 3.14. The maximum atomic E-state index is 12.1. The molecule has 1 heterocycles. The van der Waals surface area contributed by atoms with Crippen LogP contribution in [0.5, 0.6) is 0 Å². The maximum Gasteiger partial charge on any atom is 0.309 e. The standard InChI is InChI=1S/C20H32N4O2/c1-15(2)13-21-19(25)20(26)22-14-18(24-11-5-6-12-24)16-7-9-17(10-8-16)23(3)4/h7-10,15,18H,5-6,11-14H2,1-4H3,(H,21,25)(H,22,26)/t18-/m0/s1. The van der Waals surface area contributed by atoms with Gasteiger partial charge in [-0.2, -0.15) is 0 Å². The third-order valence-corrected chi connectivity index (χ3v) is 4.71. The van der Waals surface area contributed by atoms with Crippen molar-refractivity contribution >= 4 is 17.5 Å². The monoisotopic (exact) mass is 360 g/mol. The smallest absolute Gasteiger partial charge is 0.309 e. The lowest BCUT2D eigenvalue weighted by molar-refractivity contribution is -0.139. The molecular formula is C20H32N4O2. The van der Waals surface area contributed by atoms with Crippen LogP contribution in [0.1, 0.15) is 38.3 Å². The van der Waals surface area contributed by atoms with Crippen molar-refractivity contribution in [3.8, 4) is 0 Å². The summed E-state index contributed by atoms with van der Waals surface area (Å²) in [6.45, 7) is 6.99. The fourth-order valence-corrected chi connectivity index (χ4v) is 3.15. The molecule has 1 aliphatic heterocycles. The second kappa shape index (κ2) is 9.57. The van der Waals surface area contributed by atoms with E-state index in [1.807, 2.05) is 27.9 Å². The molecule has 6 nitrogen and oxygen atoms in total. The Balaban J connectivity index is 2.01. The van der Waals surface area contributed by atoms with E-state index in [0.29, 0.717) is 19.0 Å². The van der Waals surface area contributed by atoms with Crippen molar-refractivity contribution in [3.63, 3.8) is 0 Å². The molecule has 1 saturated heterocycles. The van der Waals surface area contributed by atoms with Crippen LogP contribution in [-0.2, 0) is 9.59 Å². The van der Waals surface area contributed by atoms with Crippen molar-refractivity contribution in [1.29, 1.82) is 0 Å². The fraction of sp³-hybridized carbons (Fsp3) is 0.600. The highest BCUT2D eigenvalue weighted by molar-refractivity contribution is 6.35. The van der Waals surface area contributed by atoms with Gasteiger partial charge in [-0.05, 0) is 49.5 Å². The first-order valence-corrected chi connectivity index (χ1v) is 9.46. The van der Waals surface area contributed by atoms with E-state index in [2.05, 4.69) is 44.7 Å². The van der Waals surface area contributed by atoms with E-state index < -0.39 is 11.8 Å². The molecule has 0 unspecified atom stereocenters. The average molecular weight is 361 g/mol. The van der Waals surface area contributed by atoms with Gasteiger partial charge in [0.05, 0.1) is 6.04 Å². The van der Waals surface area contributed by atoms with Crippen LogP contribution in [0.15, 0.2) is 24.3 Å². The topological polar surface area (TPSA) is 64.7 Å². The Morgan fingerprint density at radius 1 is 1.00 bits per heavy atom. The summed E-state index contributed by atoms with van der Waals surface area (Å²) in [7, 11) is 4.03. The van der Waals surface area contributed by atoms with E-state index >= 15 is 0 Å². The summed E-state index contributed by atoms with van der Waals surface area (Å²) in [6, 6.07) is 8.51. The number of hydrogen-bond donors (Lipinski definition) is 2. The SMILES string of the molecule is CC(C)CNC(=O)C(=O)NC[C@@H](c1ccc(N(C)C)cc1)N1CCCC1. The summed E-state index contributed by atoms with van der Waals surface area (Å²) in [5, 5.41) is 5.48. The molecule has 0 aromatic heterocycles. The maximum absolute atomic E-state index is 12.1. The Hall–Kier alpha value is -2.08. The number of carbonyl (C=O) groups excluding carboxylic acids is 2. The van der Waals surface area contributed by atoms with Gasteiger partial charge in [-0.3, -0.25) is 14.5 Å². The summed E-state index contributed by atoms with van der Waals surface area (Å²) < 4.78 is 0. The molecule has 0 spiro atoms. The third kappa shape index (κ3) is 5.73. The largest absolute Gasteiger partial charge is 0.378 e. The molecule has 0 bridgehead atoms. The predicted octanol–water partition coefficient (Wildman–Crippen LogP) is 1.78. The van der Waals surface area contributed by atoms with Gasteiger partial charge in [0.2, 0.25) is 0 Å². The fourth-order valence-electron chi connectivity index (χ4n) is 3.15. The molecule has 1 aromatic carbocycles. The molecule has 2 amide bonds. The van der Waals surface area contributed by atoms with Crippen LogP contribution in [0, 0.1) is 5.92 Å². The van der Waals surface area contributed by atoms with Gasteiger partial charge < -0.3 is 15.5 Å². The second-order valence-electron chi connectivity index (χ2n) is 7.56. The Labute approximate surface area is 156 Å². The van der Waals surface area contributed by atoms with Gasteiger partial charge in [-0.25, -0.2) is 0 Å². The lowest BCUT2D eigenvalue weighted by atomic mass is 10.0. The Morgan fingerprint density at radius 3 is 2.04 bits per heavy atom. The van der Waals surface area contributed by atoms with Crippen molar-refractivity contribution in [2.75, 3.05) is 45.2 Å². The molecule has 0 aliphatic carbocycles. The molecule has 1 aliphatic rings. The Morgan fingerprint density at radius 2 is 1.54 bits per heavy atom. The van der Waals surface area contributed by atoms with Crippen LogP contribution in [0.2, 0.25) is 0 Å². The zero-order valence-electron chi connectivity index (χ0n) is 16.4. The van der Waals surface area contributed by atoms with Crippen molar-refractivity contribution in [2.24, 2.45) is 5.92 Å². The summed E-state index contributed by atoms with van der Waals surface area (Å²) in [6.07, 6.45) is 2.35. The minimum atomic E-state index is -0.556. The summed E-state index contributed by atoms with van der Waals surface area (Å²) in [5.41, 5.74) is 2.31. The zero-order chi connectivity index (χ0) is 19.1. The second-order valence-corrected chi connectivity index (χ2v) is 7.56. The van der Waals surface area contributed by atoms with E-state index in [1.54, 1.807) is 0 Å². The molecule has 144 valence electrons. The minimum Gasteiger partial charge on any atom is -0.378 e. The lowest BCUT2D eigenvalue weighted by Crippen LogP contribution is -2.44. The quantitative estimate of drug-likeness (QED) is 0.728. The van der Waals surface area contributed by atoms with Crippen LogP contribution in [0.4, 0.5) is 5.69 Å². The highest BCUT2D eigenvalue weighted by Crippen LogP contribution is 2.26. The van der Waals surface area contributed by atoms with Crippen molar-refractivity contribution in [2.45, 2.75) is 32.7 Å². The number of hydrogen-bond acceptors (Lipinski definition) is 4. The Kier molecular flexibility index (Phi) is 7.45. The highest BCUT2D eigenvalue weighted by atomic mass is 16.2. The molecule has 1 aromatic rings. The molecule has 6 heteroatoms. The summed E-state index contributed by atoms with van der Waals surface area (Å²) in [5.74, 6) is -0.791. The molecule has 0 saturated carbocycles. The van der Waals surface area contributed by atoms with Crippen LogP contribution in [0.25, 0.3) is 0 Å². The highest BCUT2D eigenvalue weighted by Gasteiger charge is 2.25. The van der Waals surface area contributed by atoms with Gasteiger partial charge in [0.1, 0.15) is 0 Å². The summed E-state index contributed by atoms with van der Waals surface area (Å²) in [4.78, 5) is 28.4. The van der Waals surface area contributed by atoms with E-state index in [1.165, 1.54) is 18.4 Å². The molecule has 1 atom stereocenters. The molecule has 2 rings (SSSR count). The normalized spacial score (nSPS) is 15.7. The molecule has 1 fully saturated rings. The summed E-state index contributed by atoms with van der Waals surface area (Å²) >= 11 is 0. The lowest BCUT2D eigenvalue weighted by Gasteiger charge is -2.28. The van der Waals surface area contributed by atoms with Gasteiger partial charge in [0, 0.05) is 32.9 Å². The first-order chi connectivity index (χ1) is 12.4. The van der Waals surface area contributed by atoms with Gasteiger partial charge in [-0.15, -0.1) is 0 Å². The number of anilines is 1. The predicted molar refractivity (Wildman–Crippen MR) is 105 cm³/mol. The van der Waals surface area contributed by atoms with E-state index in [0.717, 1.165) is 18.8 Å². The van der Waals surface area contributed by atoms with Gasteiger partial charge in [-0.1, -0.05) is 26.0 Å². The van der Waals surface area contributed by atoms with Crippen molar-refractivity contribution in [1.82, 2.24) is 15.5 Å². The van der Waals surface area contributed by atoms with E-state index in [4.69, 9.17) is 0 Å². The van der Waals surface area contributed by atoms with E-state index in [-0.39, 0.29) is 6.04 Å².